The third kappa shape index (κ3) is 3.47. The minimum absolute atomic E-state index is 0.148. The van der Waals surface area contributed by atoms with E-state index in [1.165, 1.54) is 22.1 Å². The molecule has 2 fully saturated rings. The Hall–Kier alpha value is -2.87. The molecule has 2 aliphatic heterocycles. The number of carbonyl (C=O) groups is 2. The van der Waals surface area contributed by atoms with Crippen molar-refractivity contribution in [1.82, 2.24) is 9.96 Å². The van der Waals surface area contributed by atoms with Crippen LogP contribution in [-0.4, -0.2) is 40.5 Å². The van der Waals surface area contributed by atoms with Gasteiger partial charge in [0.25, 0.3) is 5.91 Å². The molecule has 2 aliphatic rings. The summed E-state index contributed by atoms with van der Waals surface area (Å²) in [5.41, 5.74) is -0.434. The lowest BCUT2D eigenvalue weighted by molar-refractivity contribution is -0.233. The van der Waals surface area contributed by atoms with E-state index in [0.717, 1.165) is 17.7 Å². The molecule has 0 radical (unpaired) electrons. The normalized spacial score (nSPS) is 18.5. The summed E-state index contributed by atoms with van der Waals surface area (Å²) < 4.78 is 37.9. The molecule has 4 rings (SSSR count). The number of nitrogens with zero attached hydrogens (tertiary/aromatic N) is 2. The second-order valence-corrected chi connectivity index (χ2v) is 7.10. The first kappa shape index (κ1) is 18.5. The number of amides is 2. The van der Waals surface area contributed by atoms with E-state index in [2.05, 4.69) is 0 Å². The topological polar surface area (TPSA) is 49.9 Å². The maximum Gasteiger partial charge on any atom is 0.416 e. The number of hydrogen-bond donors (Lipinski definition) is 0. The lowest BCUT2D eigenvalue weighted by Gasteiger charge is -2.45. The summed E-state index contributed by atoms with van der Waals surface area (Å²) in [7, 11) is 0. The summed E-state index contributed by atoms with van der Waals surface area (Å²) in [5, 5.41) is 1.31. The molecule has 1 spiro atoms. The van der Waals surface area contributed by atoms with E-state index in [0.29, 0.717) is 6.54 Å². The average Bonchev–Trinajstić information content (AvgIpc) is 2.97. The third-order valence-electron chi connectivity index (χ3n) is 4.93. The van der Waals surface area contributed by atoms with Crippen LogP contribution in [0.3, 0.4) is 0 Å². The van der Waals surface area contributed by atoms with E-state index in [9.17, 15) is 22.8 Å². The van der Waals surface area contributed by atoms with Crippen LogP contribution < -0.4 is 0 Å². The van der Waals surface area contributed by atoms with Gasteiger partial charge in [0.15, 0.2) is 0 Å². The van der Waals surface area contributed by atoms with Gasteiger partial charge in [-0.1, -0.05) is 30.3 Å². The standard InChI is InChI=1S/C20H17F3N2O3/c21-20(22,23)16-8-6-15(7-9-16)18(27)24-12-19(13-24)10-17(26)25(28-19)11-14-4-2-1-3-5-14/h1-9H,10-13H2. The number of alkyl halides is 3. The van der Waals surface area contributed by atoms with Gasteiger partial charge in [-0.15, -0.1) is 0 Å². The van der Waals surface area contributed by atoms with E-state index >= 15 is 0 Å². The zero-order chi connectivity index (χ0) is 19.9. The molecule has 0 N–H and O–H groups in total. The molecular weight excluding hydrogens is 373 g/mol. The van der Waals surface area contributed by atoms with E-state index in [-0.39, 0.29) is 36.9 Å². The molecule has 2 aromatic rings. The first-order chi connectivity index (χ1) is 13.3. The Morgan fingerprint density at radius 3 is 2.29 bits per heavy atom. The highest BCUT2D eigenvalue weighted by Crippen LogP contribution is 2.37. The Balaban J connectivity index is 1.37. The van der Waals surface area contributed by atoms with Crippen LogP contribution in [0, 0.1) is 0 Å². The van der Waals surface area contributed by atoms with E-state index in [1.54, 1.807) is 0 Å². The predicted molar refractivity (Wildman–Crippen MR) is 92.8 cm³/mol. The lowest BCUT2D eigenvalue weighted by Crippen LogP contribution is -2.63. The van der Waals surface area contributed by atoms with Crippen LogP contribution in [0.4, 0.5) is 13.2 Å². The van der Waals surface area contributed by atoms with Crippen LogP contribution in [0.15, 0.2) is 54.6 Å². The van der Waals surface area contributed by atoms with Crippen LogP contribution in [-0.2, 0) is 22.4 Å². The number of hydrogen-bond acceptors (Lipinski definition) is 3. The van der Waals surface area contributed by atoms with E-state index < -0.39 is 17.3 Å². The highest BCUT2D eigenvalue weighted by molar-refractivity contribution is 5.95. The van der Waals surface area contributed by atoms with Crippen molar-refractivity contribution in [3.8, 4) is 0 Å². The number of likely N-dealkylation sites (tertiary alicyclic amines) is 1. The van der Waals surface area contributed by atoms with Crippen LogP contribution in [0.25, 0.3) is 0 Å². The highest BCUT2D eigenvalue weighted by Gasteiger charge is 2.54. The van der Waals surface area contributed by atoms with Gasteiger partial charge in [0.2, 0.25) is 5.91 Å². The van der Waals surface area contributed by atoms with Gasteiger partial charge in [0, 0.05) is 5.56 Å². The zero-order valence-corrected chi connectivity index (χ0v) is 14.8. The second kappa shape index (κ2) is 6.63. The average molecular weight is 390 g/mol. The van der Waals surface area contributed by atoms with Crippen molar-refractivity contribution in [2.24, 2.45) is 0 Å². The summed E-state index contributed by atoms with van der Waals surface area (Å²) in [4.78, 5) is 32.0. The first-order valence-corrected chi connectivity index (χ1v) is 8.76. The molecule has 146 valence electrons. The molecule has 0 aliphatic carbocycles. The van der Waals surface area contributed by atoms with Crippen LogP contribution >= 0.6 is 0 Å². The second-order valence-electron chi connectivity index (χ2n) is 7.10. The Kier molecular flexibility index (Phi) is 4.38. The number of hydroxylamine groups is 2. The maximum absolute atomic E-state index is 12.6. The molecule has 0 unspecified atom stereocenters. The van der Waals surface area contributed by atoms with Gasteiger partial charge in [-0.05, 0) is 29.8 Å². The van der Waals surface area contributed by atoms with Gasteiger partial charge in [0.05, 0.1) is 31.6 Å². The van der Waals surface area contributed by atoms with Crippen LogP contribution in [0.2, 0.25) is 0 Å². The quantitative estimate of drug-likeness (QED) is 0.808. The van der Waals surface area contributed by atoms with Crippen molar-refractivity contribution in [1.29, 1.82) is 0 Å². The molecule has 0 atom stereocenters. The van der Waals surface area contributed by atoms with Crippen LogP contribution in [0.1, 0.15) is 27.9 Å². The number of rotatable bonds is 3. The van der Waals surface area contributed by atoms with Crippen molar-refractivity contribution in [3.63, 3.8) is 0 Å². The third-order valence-corrected chi connectivity index (χ3v) is 4.93. The largest absolute Gasteiger partial charge is 0.416 e. The summed E-state index contributed by atoms with van der Waals surface area (Å²) in [6, 6.07) is 13.5. The monoisotopic (exact) mass is 390 g/mol. The fourth-order valence-electron chi connectivity index (χ4n) is 3.50. The van der Waals surface area contributed by atoms with Gasteiger partial charge in [-0.2, -0.15) is 13.2 Å². The Morgan fingerprint density at radius 2 is 1.68 bits per heavy atom. The molecule has 0 bridgehead atoms. The van der Waals surface area contributed by atoms with Gasteiger partial charge >= 0.3 is 6.18 Å². The van der Waals surface area contributed by atoms with Gasteiger partial charge in [-0.3, -0.25) is 14.4 Å². The first-order valence-electron chi connectivity index (χ1n) is 8.76. The van der Waals surface area contributed by atoms with Crippen molar-refractivity contribution in [2.45, 2.75) is 24.7 Å². The maximum atomic E-state index is 12.6. The minimum atomic E-state index is -4.44. The van der Waals surface area contributed by atoms with Crippen molar-refractivity contribution in [2.75, 3.05) is 13.1 Å². The summed E-state index contributed by atoms with van der Waals surface area (Å²) in [6.07, 6.45) is -4.26. The zero-order valence-electron chi connectivity index (χ0n) is 14.8. The molecule has 8 heteroatoms. The van der Waals surface area contributed by atoms with Gasteiger partial charge < -0.3 is 4.90 Å². The molecule has 0 aromatic heterocycles. The number of halogens is 3. The Morgan fingerprint density at radius 1 is 1.04 bits per heavy atom. The molecule has 2 saturated heterocycles. The fraction of sp³-hybridized carbons (Fsp3) is 0.300. The smallest absolute Gasteiger partial charge is 0.332 e. The molecule has 0 saturated carbocycles. The van der Waals surface area contributed by atoms with Gasteiger partial charge in [0.1, 0.15) is 5.60 Å². The molecule has 2 aromatic carbocycles. The Bertz CT molecular complexity index is 891. The van der Waals surface area contributed by atoms with Crippen molar-refractivity contribution in [3.05, 3.63) is 71.3 Å². The highest BCUT2D eigenvalue weighted by atomic mass is 19.4. The lowest BCUT2D eigenvalue weighted by atomic mass is 9.90. The fourth-order valence-corrected chi connectivity index (χ4v) is 3.50. The Labute approximate surface area is 159 Å². The minimum Gasteiger partial charge on any atom is -0.332 e. The summed E-state index contributed by atoms with van der Waals surface area (Å²) in [6.45, 7) is 0.780. The molecule has 2 heterocycles. The number of benzene rings is 2. The summed E-state index contributed by atoms with van der Waals surface area (Å²) in [5.74, 6) is -0.526. The van der Waals surface area contributed by atoms with Crippen LogP contribution in [0.5, 0.6) is 0 Å². The SMILES string of the molecule is O=C(c1ccc(C(F)(F)F)cc1)N1CC2(CC(=O)N(Cc3ccccc3)O2)C1. The van der Waals surface area contributed by atoms with E-state index in [1.807, 2.05) is 30.3 Å². The van der Waals surface area contributed by atoms with E-state index in [4.69, 9.17) is 4.84 Å². The molecule has 5 nitrogen and oxygen atoms in total. The summed E-state index contributed by atoms with van der Waals surface area (Å²) >= 11 is 0. The molecule has 28 heavy (non-hydrogen) atoms. The number of carbonyl (C=O) groups excluding carboxylic acids is 2. The van der Waals surface area contributed by atoms with Crippen molar-refractivity contribution < 1.29 is 27.6 Å². The molecule has 2 amide bonds. The van der Waals surface area contributed by atoms with Crippen molar-refractivity contribution >= 4 is 11.8 Å². The molecular formula is C20H17F3N2O3. The van der Waals surface area contributed by atoms with Gasteiger partial charge in [-0.25, -0.2) is 5.06 Å². The predicted octanol–water partition coefficient (Wildman–Crippen LogP) is 3.26.